The number of aromatic amines is 1. The fourth-order valence-corrected chi connectivity index (χ4v) is 7.99. The van der Waals surface area contributed by atoms with Gasteiger partial charge in [-0.3, -0.25) is 14.5 Å². The zero-order valence-corrected chi connectivity index (χ0v) is 20.0. The van der Waals surface area contributed by atoms with E-state index in [9.17, 15) is 14.7 Å². The van der Waals surface area contributed by atoms with Crippen LogP contribution < -0.4 is 5.32 Å². The monoisotopic (exact) mass is 480 g/mol. The van der Waals surface area contributed by atoms with Gasteiger partial charge in [0.05, 0.1) is 5.41 Å². The molecule has 0 radical (unpaired) electrons. The van der Waals surface area contributed by atoms with Gasteiger partial charge in [-0.25, -0.2) is 0 Å². The zero-order chi connectivity index (χ0) is 23.1. The van der Waals surface area contributed by atoms with Crippen LogP contribution in [0, 0.1) is 0 Å². The number of anilines is 1. The second kappa shape index (κ2) is 6.94. The van der Waals surface area contributed by atoms with Gasteiger partial charge < -0.3 is 20.3 Å². The van der Waals surface area contributed by atoms with E-state index in [1.54, 1.807) is 18.2 Å². The van der Waals surface area contributed by atoms with Crippen molar-refractivity contribution in [3.8, 4) is 0 Å². The minimum absolute atomic E-state index is 0.176. The molecule has 0 aliphatic carbocycles. The molecule has 0 saturated carbocycles. The summed E-state index contributed by atoms with van der Waals surface area (Å²) in [6, 6.07) is 15.8. The molecule has 33 heavy (non-hydrogen) atoms. The topological polar surface area (TPSA) is 88.7 Å². The second-order valence-corrected chi connectivity index (χ2v) is 10.7. The van der Waals surface area contributed by atoms with Gasteiger partial charge >= 0.3 is 0 Å². The van der Waals surface area contributed by atoms with Crippen LogP contribution in [0.3, 0.4) is 0 Å². The first-order valence-electron chi connectivity index (χ1n) is 10.7. The van der Waals surface area contributed by atoms with Crippen molar-refractivity contribution in [3.05, 3.63) is 65.9 Å². The summed E-state index contributed by atoms with van der Waals surface area (Å²) in [6.07, 6.45) is 3.75. The number of thioether (sulfide) groups is 2. The molecule has 2 fully saturated rings. The summed E-state index contributed by atoms with van der Waals surface area (Å²) in [4.78, 5) is 32.8. The third kappa shape index (κ3) is 2.23. The van der Waals surface area contributed by atoms with Gasteiger partial charge in [-0.05, 0) is 35.8 Å². The zero-order valence-electron chi connectivity index (χ0n) is 18.4. The maximum absolute atomic E-state index is 13.9. The first-order valence-corrected chi connectivity index (χ1v) is 13.2. The van der Waals surface area contributed by atoms with Gasteiger partial charge in [-0.1, -0.05) is 36.4 Å². The van der Waals surface area contributed by atoms with Gasteiger partial charge in [0.1, 0.15) is 12.3 Å². The number of amides is 2. The number of H-pyrrole nitrogens is 1. The van der Waals surface area contributed by atoms with E-state index < -0.39 is 27.9 Å². The average molecular weight is 481 g/mol. The molecule has 3 N–H and O–H groups in total. The highest BCUT2D eigenvalue weighted by Crippen LogP contribution is 2.62. The normalized spacial score (nSPS) is 32.7. The molecule has 0 spiro atoms. The lowest BCUT2D eigenvalue weighted by atomic mass is 9.70. The van der Waals surface area contributed by atoms with E-state index in [0.29, 0.717) is 0 Å². The molecule has 2 amide bonds. The van der Waals surface area contributed by atoms with Crippen molar-refractivity contribution >= 4 is 51.9 Å². The lowest BCUT2D eigenvalue weighted by Crippen LogP contribution is -2.70. The van der Waals surface area contributed by atoms with Crippen molar-refractivity contribution in [1.82, 2.24) is 14.8 Å². The molecule has 4 heterocycles. The number of fused-ring (bicyclic) bond motifs is 6. The number of hydrogen-bond donors (Lipinski definition) is 3. The maximum atomic E-state index is 13.9. The number of piperazine rings is 1. The van der Waals surface area contributed by atoms with Crippen LogP contribution in [0.5, 0.6) is 0 Å². The van der Waals surface area contributed by atoms with Gasteiger partial charge in [0, 0.05) is 29.8 Å². The molecule has 7 nitrogen and oxygen atoms in total. The standard InChI is InChI=1S/C24H24N4O3S2/c1-27-19(32-2)18(29)28-21-23(14-9-5-7-11-17(14)26-21,20(30)24(28,33-3)22(27)31)15-12-25-16-10-6-4-8-13(15)16/h4-12,19-21,25-26,30H,1-3H3/t19?,20-,21+,23+,24-/m0/s1. The first kappa shape index (κ1) is 20.9. The molecule has 3 aromatic rings. The van der Waals surface area contributed by atoms with Gasteiger partial charge in [0.2, 0.25) is 0 Å². The third-order valence-electron chi connectivity index (χ3n) is 7.51. The van der Waals surface area contributed by atoms with Crippen LogP contribution in [-0.2, 0) is 15.0 Å². The Bertz CT molecular complexity index is 1310. The molecule has 2 saturated heterocycles. The molecule has 2 aromatic carbocycles. The fourth-order valence-electron chi connectivity index (χ4n) is 6.14. The largest absolute Gasteiger partial charge is 0.388 e. The maximum Gasteiger partial charge on any atom is 0.263 e. The van der Waals surface area contributed by atoms with E-state index in [-0.39, 0.29) is 11.8 Å². The van der Waals surface area contributed by atoms with E-state index in [2.05, 4.69) is 10.3 Å². The van der Waals surface area contributed by atoms with E-state index in [1.807, 2.05) is 61.0 Å². The summed E-state index contributed by atoms with van der Waals surface area (Å²) in [5, 5.41) is 16.2. The van der Waals surface area contributed by atoms with E-state index in [4.69, 9.17) is 0 Å². The Balaban J connectivity index is 1.71. The van der Waals surface area contributed by atoms with Gasteiger partial charge in [0.15, 0.2) is 10.2 Å². The molecule has 9 heteroatoms. The van der Waals surface area contributed by atoms with Crippen molar-refractivity contribution in [1.29, 1.82) is 0 Å². The number of nitrogens with zero attached hydrogens (tertiary/aromatic N) is 2. The van der Waals surface area contributed by atoms with Crippen molar-refractivity contribution in [2.75, 3.05) is 24.9 Å². The van der Waals surface area contributed by atoms with Gasteiger partial charge in [0.25, 0.3) is 11.8 Å². The minimum atomic E-state index is -1.44. The summed E-state index contributed by atoms with van der Waals surface area (Å²) in [5.41, 5.74) is 2.54. The predicted octanol–water partition coefficient (Wildman–Crippen LogP) is 2.63. The van der Waals surface area contributed by atoms with Crippen LogP contribution in [0.4, 0.5) is 5.69 Å². The van der Waals surface area contributed by atoms with Crippen LogP contribution in [0.25, 0.3) is 10.9 Å². The highest BCUT2D eigenvalue weighted by molar-refractivity contribution is 8.01. The Hall–Kier alpha value is -2.62. The number of hydrogen-bond acceptors (Lipinski definition) is 6. The summed E-state index contributed by atoms with van der Waals surface area (Å²) < 4.78 is 0. The summed E-state index contributed by atoms with van der Waals surface area (Å²) in [6.45, 7) is 0. The molecule has 170 valence electrons. The number of rotatable bonds is 3. The Kier molecular flexibility index (Phi) is 4.41. The number of para-hydroxylation sites is 2. The highest BCUT2D eigenvalue weighted by Gasteiger charge is 2.77. The molecular formula is C24H24N4O3S2. The van der Waals surface area contributed by atoms with Crippen LogP contribution in [0.2, 0.25) is 0 Å². The van der Waals surface area contributed by atoms with E-state index in [1.165, 1.54) is 28.4 Å². The van der Waals surface area contributed by atoms with Gasteiger partial charge in [-0.2, -0.15) is 0 Å². The molecule has 3 aliphatic rings. The summed E-state index contributed by atoms with van der Waals surface area (Å²) in [5.74, 6) is -0.431. The molecular weight excluding hydrogens is 456 g/mol. The predicted molar refractivity (Wildman–Crippen MR) is 132 cm³/mol. The van der Waals surface area contributed by atoms with Crippen molar-refractivity contribution in [3.63, 3.8) is 0 Å². The lowest BCUT2D eigenvalue weighted by Gasteiger charge is -2.48. The number of aromatic nitrogens is 1. The van der Waals surface area contributed by atoms with E-state index in [0.717, 1.165) is 27.7 Å². The Labute approximate surface area is 199 Å². The van der Waals surface area contributed by atoms with Crippen LogP contribution >= 0.6 is 23.5 Å². The second-order valence-electron chi connectivity index (χ2n) is 8.72. The number of nitrogens with one attached hydrogen (secondary N) is 2. The van der Waals surface area contributed by atoms with Crippen LogP contribution in [0.15, 0.2) is 54.7 Å². The van der Waals surface area contributed by atoms with E-state index >= 15 is 0 Å². The molecule has 1 aromatic heterocycles. The third-order valence-corrected chi connectivity index (χ3v) is 9.69. The number of carbonyl (C=O) groups excluding carboxylic acids is 2. The Morgan fingerprint density at radius 2 is 1.76 bits per heavy atom. The minimum Gasteiger partial charge on any atom is -0.388 e. The molecule has 1 unspecified atom stereocenters. The quantitative estimate of drug-likeness (QED) is 0.534. The Morgan fingerprint density at radius 1 is 1.03 bits per heavy atom. The van der Waals surface area contributed by atoms with Gasteiger partial charge in [-0.15, -0.1) is 23.5 Å². The summed E-state index contributed by atoms with van der Waals surface area (Å²) >= 11 is 2.57. The number of aliphatic hydroxyl groups is 1. The van der Waals surface area contributed by atoms with Crippen LogP contribution in [0.1, 0.15) is 11.1 Å². The number of carbonyl (C=O) groups is 2. The Morgan fingerprint density at radius 3 is 2.52 bits per heavy atom. The average Bonchev–Trinajstić information content (AvgIpc) is 3.46. The van der Waals surface area contributed by atoms with Crippen molar-refractivity contribution in [2.45, 2.75) is 27.9 Å². The number of likely N-dealkylation sites (N-methyl/N-ethyl adjacent to an activating group) is 1. The molecule has 6 rings (SSSR count). The summed E-state index contributed by atoms with van der Waals surface area (Å²) in [7, 11) is 1.65. The van der Waals surface area contributed by atoms with Crippen LogP contribution in [-0.4, -0.2) is 73.8 Å². The number of benzene rings is 2. The SMILES string of the molecule is CSC1C(=O)N2[C@H]3Nc4ccccc4[C@@]3(c3c[nH]c4ccccc34)[C@H](O)[C@]2(SC)C(=O)N1C. The van der Waals surface area contributed by atoms with Crippen molar-refractivity contribution in [2.24, 2.45) is 0 Å². The first-order chi connectivity index (χ1) is 15.9. The van der Waals surface area contributed by atoms with Crippen molar-refractivity contribution < 1.29 is 14.7 Å². The molecule has 3 aliphatic heterocycles. The highest BCUT2D eigenvalue weighted by atomic mass is 32.2. The fraction of sp³-hybridized carbons (Fsp3) is 0.333. The molecule has 5 atom stereocenters. The lowest BCUT2D eigenvalue weighted by molar-refractivity contribution is -0.160. The molecule has 0 bridgehead atoms. The smallest absolute Gasteiger partial charge is 0.263 e. The number of aliphatic hydroxyl groups excluding tert-OH is 1.